The molecule has 0 unspecified atom stereocenters. The standard InChI is InChI=1S/C23H24F2N6O4/c24-19(25)13-3-5-30(6-4-13)23(34)31-7-8-35-18-2-1-14(9-16(18)12-31)15-10-17-20(26-11-15)28-21(27-17)29-22(32)33/h1-2,9-11,13,19H,3-8,12H2,(H,32,33)(H2,26,27,28,29). The molecular weight excluding hydrogens is 462 g/mol. The zero-order valence-corrected chi connectivity index (χ0v) is 18.7. The zero-order valence-electron chi connectivity index (χ0n) is 18.7. The highest BCUT2D eigenvalue weighted by Gasteiger charge is 2.31. The van der Waals surface area contributed by atoms with Crippen molar-refractivity contribution >= 4 is 29.2 Å². The summed E-state index contributed by atoms with van der Waals surface area (Å²) in [4.78, 5) is 38.6. The Labute approximate surface area is 198 Å². The molecule has 3 aromatic rings. The predicted molar refractivity (Wildman–Crippen MR) is 123 cm³/mol. The molecule has 1 aromatic carbocycles. The van der Waals surface area contributed by atoms with Crippen molar-refractivity contribution in [3.05, 3.63) is 36.0 Å². The lowest BCUT2D eigenvalue weighted by Gasteiger charge is -2.35. The lowest BCUT2D eigenvalue weighted by Crippen LogP contribution is -2.47. The van der Waals surface area contributed by atoms with Gasteiger partial charge in [-0.05, 0) is 36.6 Å². The van der Waals surface area contributed by atoms with E-state index in [4.69, 9.17) is 9.84 Å². The number of alkyl halides is 2. The summed E-state index contributed by atoms with van der Waals surface area (Å²) in [5, 5.41) is 11.0. The van der Waals surface area contributed by atoms with Crippen LogP contribution in [-0.2, 0) is 6.54 Å². The number of hydrogen-bond acceptors (Lipinski definition) is 5. The maximum absolute atomic E-state index is 13.1. The molecule has 0 saturated carbocycles. The van der Waals surface area contributed by atoms with Gasteiger partial charge in [-0.15, -0.1) is 0 Å². The quantitative estimate of drug-likeness (QED) is 0.514. The molecule has 0 spiro atoms. The van der Waals surface area contributed by atoms with E-state index in [1.54, 1.807) is 16.0 Å². The number of halogens is 2. The number of carbonyl (C=O) groups is 2. The Kier molecular flexibility index (Phi) is 6.10. The maximum atomic E-state index is 13.1. The zero-order chi connectivity index (χ0) is 24.5. The van der Waals surface area contributed by atoms with E-state index in [-0.39, 0.29) is 12.0 Å². The summed E-state index contributed by atoms with van der Waals surface area (Å²) >= 11 is 0. The number of carbonyl (C=O) groups excluding carboxylic acids is 1. The largest absolute Gasteiger partial charge is 0.491 e. The molecule has 184 valence electrons. The Morgan fingerprint density at radius 1 is 1.14 bits per heavy atom. The second-order valence-electron chi connectivity index (χ2n) is 8.64. The minimum Gasteiger partial charge on any atom is -0.491 e. The third-order valence-electron chi connectivity index (χ3n) is 6.37. The normalized spacial score (nSPS) is 16.7. The van der Waals surface area contributed by atoms with Crippen molar-refractivity contribution < 1.29 is 28.2 Å². The predicted octanol–water partition coefficient (Wildman–Crippen LogP) is 4.01. The number of fused-ring (bicyclic) bond motifs is 2. The fourth-order valence-electron chi connectivity index (χ4n) is 4.50. The van der Waals surface area contributed by atoms with Crippen LogP contribution in [0.3, 0.4) is 0 Å². The highest BCUT2D eigenvalue weighted by molar-refractivity contribution is 5.85. The van der Waals surface area contributed by atoms with Crippen molar-refractivity contribution in [1.29, 1.82) is 0 Å². The van der Waals surface area contributed by atoms with E-state index in [9.17, 15) is 18.4 Å². The van der Waals surface area contributed by atoms with E-state index >= 15 is 0 Å². The Bertz CT molecular complexity index is 1260. The highest BCUT2D eigenvalue weighted by Crippen LogP contribution is 2.31. The van der Waals surface area contributed by atoms with E-state index in [1.165, 1.54) is 0 Å². The Hall–Kier alpha value is -3.96. The van der Waals surface area contributed by atoms with Crippen LogP contribution in [0.1, 0.15) is 18.4 Å². The number of anilines is 1. The number of aromatic amines is 1. The van der Waals surface area contributed by atoms with E-state index in [0.29, 0.717) is 62.5 Å². The smallest absolute Gasteiger partial charge is 0.411 e. The lowest BCUT2D eigenvalue weighted by atomic mass is 9.97. The molecule has 4 heterocycles. The van der Waals surface area contributed by atoms with Gasteiger partial charge in [0.05, 0.1) is 18.6 Å². The number of urea groups is 1. The Morgan fingerprint density at radius 3 is 2.69 bits per heavy atom. The Morgan fingerprint density at radius 2 is 1.94 bits per heavy atom. The van der Waals surface area contributed by atoms with Crippen LogP contribution in [0.2, 0.25) is 0 Å². The van der Waals surface area contributed by atoms with Gasteiger partial charge in [-0.25, -0.2) is 23.4 Å². The number of nitrogens with one attached hydrogen (secondary N) is 2. The van der Waals surface area contributed by atoms with Gasteiger partial charge in [0, 0.05) is 36.3 Å². The summed E-state index contributed by atoms with van der Waals surface area (Å²) in [6.45, 7) is 1.73. The van der Waals surface area contributed by atoms with Gasteiger partial charge in [-0.1, -0.05) is 6.07 Å². The van der Waals surface area contributed by atoms with Crippen molar-refractivity contribution in [1.82, 2.24) is 24.8 Å². The summed E-state index contributed by atoms with van der Waals surface area (Å²) in [7, 11) is 0. The lowest BCUT2D eigenvalue weighted by molar-refractivity contribution is 0.0374. The molecule has 1 fully saturated rings. The van der Waals surface area contributed by atoms with Crippen molar-refractivity contribution in [2.75, 3.05) is 31.6 Å². The second kappa shape index (κ2) is 9.35. The van der Waals surface area contributed by atoms with Gasteiger partial charge in [0.25, 0.3) is 0 Å². The SMILES string of the molecule is O=C(O)Nc1nc2ncc(-c3ccc4c(c3)CN(C(=O)N3CCC(C(F)F)CC3)CCO4)cc2[nH]1. The first-order valence-corrected chi connectivity index (χ1v) is 11.3. The highest BCUT2D eigenvalue weighted by atomic mass is 19.3. The summed E-state index contributed by atoms with van der Waals surface area (Å²) in [6.07, 6.45) is -1.32. The van der Waals surface area contributed by atoms with Gasteiger partial charge in [0.1, 0.15) is 12.4 Å². The number of imidazole rings is 1. The molecular formula is C23H24F2N6O4. The molecule has 1 saturated heterocycles. The number of benzene rings is 1. The molecule has 2 aromatic heterocycles. The minimum absolute atomic E-state index is 0.0826. The van der Waals surface area contributed by atoms with Gasteiger partial charge in [0.15, 0.2) is 5.65 Å². The second-order valence-corrected chi connectivity index (χ2v) is 8.64. The molecule has 2 aliphatic rings. The van der Waals surface area contributed by atoms with Crippen LogP contribution in [-0.4, -0.2) is 74.6 Å². The van der Waals surface area contributed by atoms with Gasteiger partial charge in [-0.2, -0.15) is 4.98 Å². The van der Waals surface area contributed by atoms with Crippen molar-refractivity contribution in [2.24, 2.45) is 5.92 Å². The average Bonchev–Trinajstić information content (AvgIpc) is 3.11. The van der Waals surface area contributed by atoms with E-state index in [1.807, 2.05) is 24.3 Å². The molecule has 2 aliphatic heterocycles. The molecule has 0 bridgehead atoms. The molecule has 0 atom stereocenters. The van der Waals surface area contributed by atoms with Crippen LogP contribution in [0.5, 0.6) is 5.75 Å². The fourth-order valence-corrected chi connectivity index (χ4v) is 4.50. The maximum Gasteiger partial charge on any atom is 0.411 e. The minimum atomic E-state index is -2.35. The van der Waals surface area contributed by atoms with Crippen molar-refractivity contribution in [3.63, 3.8) is 0 Å². The van der Waals surface area contributed by atoms with E-state index in [0.717, 1.165) is 16.7 Å². The third kappa shape index (κ3) is 4.81. The summed E-state index contributed by atoms with van der Waals surface area (Å²) < 4.78 is 31.8. The van der Waals surface area contributed by atoms with Gasteiger partial charge in [0.2, 0.25) is 12.4 Å². The van der Waals surface area contributed by atoms with Gasteiger partial charge < -0.3 is 24.6 Å². The Balaban J connectivity index is 1.34. The van der Waals surface area contributed by atoms with Crippen LogP contribution >= 0.6 is 0 Å². The number of aromatic nitrogens is 3. The molecule has 5 rings (SSSR count). The number of ether oxygens (including phenoxy) is 1. The van der Waals surface area contributed by atoms with Gasteiger partial charge >= 0.3 is 12.1 Å². The topological polar surface area (TPSA) is 124 Å². The molecule has 3 N–H and O–H groups in total. The molecule has 12 heteroatoms. The average molecular weight is 486 g/mol. The number of rotatable bonds is 3. The number of hydrogen-bond donors (Lipinski definition) is 3. The van der Waals surface area contributed by atoms with E-state index < -0.39 is 18.4 Å². The van der Waals surface area contributed by atoms with Crippen LogP contribution in [0.25, 0.3) is 22.3 Å². The van der Waals surface area contributed by atoms with Crippen molar-refractivity contribution in [2.45, 2.75) is 25.8 Å². The summed E-state index contributed by atoms with van der Waals surface area (Å²) in [5.41, 5.74) is 3.40. The third-order valence-corrected chi connectivity index (χ3v) is 6.37. The number of likely N-dealkylation sites (tertiary alicyclic amines) is 1. The molecule has 0 aliphatic carbocycles. The molecule has 3 amide bonds. The molecule has 10 nitrogen and oxygen atoms in total. The first kappa shape index (κ1) is 22.8. The monoisotopic (exact) mass is 486 g/mol. The fraction of sp³-hybridized carbons (Fsp3) is 0.391. The first-order chi connectivity index (χ1) is 16.9. The van der Waals surface area contributed by atoms with Gasteiger partial charge in [-0.3, -0.25) is 5.32 Å². The molecule has 35 heavy (non-hydrogen) atoms. The number of H-pyrrole nitrogens is 1. The van der Waals surface area contributed by atoms with Crippen LogP contribution in [0.15, 0.2) is 30.5 Å². The number of pyridine rings is 1. The number of amides is 3. The van der Waals surface area contributed by atoms with E-state index in [2.05, 4.69) is 20.3 Å². The van der Waals surface area contributed by atoms with Crippen LogP contribution in [0.4, 0.5) is 24.3 Å². The number of carboxylic acid groups (broad SMARTS) is 1. The molecule has 0 radical (unpaired) electrons. The first-order valence-electron chi connectivity index (χ1n) is 11.3. The number of nitrogens with zero attached hydrogens (tertiary/aromatic N) is 4. The van der Waals surface area contributed by atoms with Crippen LogP contribution in [0, 0.1) is 5.92 Å². The summed E-state index contributed by atoms with van der Waals surface area (Å²) in [5.74, 6) is 0.120. The van der Waals surface area contributed by atoms with Crippen LogP contribution < -0.4 is 10.1 Å². The number of piperidine rings is 1. The summed E-state index contributed by atoms with van der Waals surface area (Å²) in [6, 6.07) is 7.32. The van der Waals surface area contributed by atoms with Crippen molar-refractivity contribution in [3.8, 4) is 16.9 Å².